The molecule has 0 bridgehead atoms. The van der Waals surface area contributed by atoms with Crippen molar-refractivity contribution in [3.63, 3.8) is 0 Å². The van der Waals surface area contributed by atoms with Crippen LogP contribution in [0.15, 0.2) is 0 Å². The highest BCUT2D eigenvalue weighted by Crippen LogP contribution is 2.47. The van der Waals surface area contributed by atoms with E-state index in [9.17, 15) is 0 Å². The van der Waals surface area contributed by atoms with Gasteiger partial charge in [-0.1, -0.05) is 95.9 Å². The number of rotatable bonds is 9. The molecular weight excluding hydrogens is 290 g/mol. The van der Waals surface area contributed by atoms with E-state index in [-0.39, 0.29) is 16.9 Å². The Morgan fingerprint density at radius 2 is 1.25 bits per heavy atom. The zero-order valence-corrected chi connectivity index (χ0v) is 19.1. The first-order valence-electron chi connectivity index (χ1n) is 10.3. The van der Waals surface area contributed by atoms with Crippen LogP contribution in [0.3, 0.4) is 0 Å². The summed E-state index contributed by atoms with van der Waals surface area (Å²) in [5.74, 6) is 2.77. The van der Waals surface area contributed by atoms with Crippen LogP contribution in [0.5, 0.6) is 0 Å². The monoisotopic (exact) mass is 339 g/mol. The molecule has 0 rings (SSSR count). The molecule has 1 heteroatoms. The fourth-order valence-corrected chi connectivity index (χ4v) is 4.08. The van der Waals surface area contributed by atoms with Crippen molar-refractivity contribution in [3.05, 3.63) is 0 Å². The van der Waals surface area contributed by atoms with Crippen molar-refractivity contribution in [1.29, 1.82) is 0 Å². The van der Waals surface area contributed by atoms with E-state index in [1.54, 1.807) is 0 Å². The van der Waals surface area contributed by atoms with Crippen LogP contribution < -0.4 is 5.73 Å². The minimum absolute atomic E-state index is 0.192. The highest BCUT2D eigenvalue weighted by Gasteiger charge is 2.43. The molecule has 0 aromatic heterocycles. The van der Waals surface area contributed by atoms with Crippen molar-refractivity contribution in [2.75, 3.05) is 0 Å². The van der Waals surface area contributed by atoms with Crippen LogP contribution in [-0.4, -0.2) is 6.04 Å². The molecular formula is C23H49N. The summed E-state index contributed by atoms with van der Waals surface area (Å²) in [6.07, 6.45) is 3.83. The molecule has 0 saturated heterocycles. The van der Waals surface area contributed by atoms with Gasteiger partial charge in [-0.2, -0.15) is 0 Å². The van der Waals surface area contributed by atoms with E-state index < -0.39 is 0 Å². The first-order valence-corrected chi connectivity index (χ1v) is 10.3. The van der Waals surface area contributed by atoms with Gasteiger partial charge in [-0.25, -0.2) is 0 Å². The van der Waals surface area contributed by atoms with Crippen LogP contribution in [0, 0.1) is 39.9 Å². The summed E-state index contributed by atoms with van der Waals surface area (Å²) in [5, 5.41) is 0. The Morgan fingerprint density at radius 3 is 1.58 bits per heavy atom. The summed E-state index contributed by atoms with van der Waals surface area (Å²) in [4.78, 5) is 0. The molecule has 2 N–H and O–H groups in total. The fourth-order valence-electron chi connectivity index (χ4n) is 4.08. The predicted octanol–water partition coefficient (Wildman–Crippen LogP) is 7.15. The smallest absolute Gasteiger partial charge is 0.0121 e. The van der Waals surface area contributed by atoms with E-state index in [1.807, 2.05) is 0 Å². The molecule has 0 radical (unpaired) electrons. The fraction of sp³-hybridized carbons (Fsp3) is 1.00. The van der Waals surface area contributed by atoms with Crippen molar-refractivity contribution < 1.29 is 0 Å². The highest BCUT2D eigenvalue weighted by atomic mass is 14.7. The van der Waals surface area contributed by atoms with Gasteiger partial charge in [0.2, 0.25) is 0 Å². The molecule has 0 spiro atoms. The Balaban J connectivity index is 4.92. The van der Waals surface area contributed by atoms with Crippen LogP contribution in [0.2, 0.25) is 0 Å². The van der Waals surface area contributed by atoms with E-state index in [0.29, 0.717) is 11.3 Å². The number of hydrogen-bond acceptors (Lipinski definition) is 1. The topological polar surface area (TPSA) is 26.0 Å². The Bertz CT molecular complexity index is 361. The average Bonchev–Trinajstić information content (AvgIpc) is 2.43. The lowest BCUT2D eigenvalue weighted by Gasteiger charge is -2.48. The van der Waals surface area contributed by atoms with Crippen molar-refractivity contribution in [1.82, 2.24) is 0 Å². The Morgan fingerprint density at radius 1 is 0.792 bits per heavy atom. The summed E-state index contributed by atoms with van der Waals surface area (Å²) in [6, 6.07) is 0.261. The zero-order valence-electron chi connectivity index (χ0n) is 19.1. The van der Waals surface area contributed by atoms with E-state index >= 15 is 0 Å². The standard InChI is InChI=1S/C23H49N/c1-16(2)20(24)23(12,21(7,8)9)15-13-14-18(5)19(6)22(10,11)17(3)4/h16-20H,13-15,24H2,1-12H3. The van der Waals surface area contributed by atoms with Crippen LogP contribution in [-0.2, 0) is 0 Å². The van der Waals surface area contributed by atoms with Gasteiger partial charge in [0.15, 0.2) is 0 Å². The van der Waals surface area contributed by atoms with Crippen molar-refractivity contribution in [2.24, 2.45) is 45.7 Å². The molecule has 4 atom stereocenters. The largest absolute Gasteiger partial charge is 0.327 e. The molecule has 0 saturated carbocycles. The summed E-state index contributed by atoms with van der Waals surface area (Å²) < 4.78 is 0. The minimum atomic E-state index is 0.192. The first-order chi connectivity index (χ1) is 10.6. The van der Waals surface area contributed by atoms with Crippen molar-refractivity contribution in [2.45, 2.75) is 108 Å². The quantitative estimate of drug-likeness (QED) is 0.474. The summed E-state index contributed by atoms with van der Waals surface area (Å²) in [5.41, 5.74) is 7.50. The van der Waals surface area contributed by atoms with Gasteiger partial charge in [0.25, 0.3) is 0 Å². The van der Waals surface area contributed by atoms with Gasteiger partial charge in [-0.3, -0.25) is 0 Å². The van der Waals surface area contributed by atoms with Crippen molar-refractivity contribution >= 4 is 0 Å². The number of nitrogens with two attached hydrogens (primary N) is 1. The van der Waals surface area contributed by atoms with E-state index in [2.05, 4.69) is 83.1 Å². The molecule has 146 valence electrons. The molecule has 0 aromatic carbocycles. The van der Waals surface area contributed by atoms with E-state index in [0.717, 1.165) is 17.8 Å². The first kappa shape index (κ1) is 24.0. The molecule has 0 aliphatic rings. The predicted molar refractivity (Wildman–Crippen MR) is 111 cm³/mol. The summed E-state index contributed by atoms with van der Waals surface area (Å²) in [7, 11) is 0. The zero-order chi connectivity index (χ0) is 19.5. The van der Waals surface area contributed by atoms with Crippen molar-refractivity contribution in [3.8, 4) is 0 Å². The second kappa shape index (κ2) is 8.56. The Labute approximate surface area is 154 Å². The minimum Gasteiger partial charge on any atom is -0.327 e. The van der Waals surface area contributed by atoms with Crippen LogP contribution in [0.25, 0.3) is 0 Å². The van der Waals surface area contributed by atoms with Gasteiger partial charge in [0.1, 0.15) is 0 Å². The average molecular weight is 340 g/mol. The third-order valence-electron chi connectivity index (χ3n) is 8.04. The molecule has 4 unspecified atom stereocenters. The van der Waals surface area contributed by atoms with Crippen LogP contribution in [0.1, 0.15) is 102 Å². The molecule has 24 heavy (non-hydrogen) atoms. The Kier molecular flexibility index (Phi) is 8.55. The van der Waals surface area contributed by atoms with Crippen LogP contribution in [0.4, 0.5) is 0 Å². The molecule has 1 nitrogen and oxygen atoms in total. The van der Waals surface area contributed by atoms with Gasteiger partial charge in [0.05, 0.1) is 0 Å². The third kappa shape index (κ3) is 5.48. The maximum Gasteiger partial charge on any atom is 0.0121 e. The van der Waals surface area contributed by atoms with E-state index in [4.69, 9.17) is 5.73 Å². The van der Waals surface area contributed by atoms with Gasteiger partial charge in [0, 0.05) is 6.04 Å². The summed E-state index contributed by atoms with van der Waals surface area (Å²) >= 11 is 0. The maximum absolute atomic E-state index is 6.67. The normalized spacial score (nSPS) is 20.1. The summed E-state index contributed by atoms with van der Waals surface area (Å²) in [6.45, 7) is 28.6. The molecule has 0 aromatic rings. The van der Waals surface area contributed by atoms with Gasteiger partial charge >= 0.3 is 0 Å². The lowest BCUT2D eigenvalue weighted by Crippen LogP contribution is -2.51. The molecule has 0 heterocycles. The van der Waals surface area contributed by atoms with Gasteiger partial charge in [-0.15, -0.1) is 0 Å². The maximum atomic E-state index is 6.67. The Hall–Kier alpha value is -0.0400. The lowest BCUT2D eigenvalue weighted by atomic mass is 9.59. The molecule has 0 aliphatic heterocycles. The SMILES string of the molecule is CC(C)C(N)C(C)(CCCC(C)C(C)C(C)(C)C(C)C)C(C)(C)C. The lowest BCUT2D eigenvalue weighted by molar-refractivity contribution is 0.0370. The highest BCUT2D eigenvalue weighted by molar-refractivity contribution is 4.96. The molecule has 0 amide bonds. The second-order valence-corrected chi connectivity index (χ2v) is 11.1. The molecule has 0 aliphatic carbocycles. The third-order valence-corrected chi connectivity index (χ3v) is 8.04. The number of hydrogen-bond donors (Lipinski definition) is 1. The second-order valence-electron chi connectivity index (χ2n) is 11.1. The van der Waals surface area contributed by atoms with Crippen LogP contribution >= 0.6 is 0 Å². The van der Waals surface area contributed by atoms with Gasteiger partial charge < -0.3 is 5.73 Å². The van der Waals surface area contributed by atoms with Gasteiger partial charge in [-0.05, 0) is 46.3 Å². The van der Waals surface area contributed by atoms with E-state index in [1.165, 1.54) is 19.3 Å². The molecule has 0 fully saturated rings.